The van der Waals surface area contributed by atoms with Gasteiger partial charge in [0.1, 0.15) is 5.65 Å². The Kier molecular flexibility index (Phi) is 4.21. The van der Waals surface area contributed by atoms with Gasteiger partial charge in [-0.1, -0.05) is 6.07 Å². The van der Waals surface area contributed by atoms with E-state index in [4.69, 9.17) is 10.8 Å². The minimum Gasteiger partial charge on any atom is -0.478 e. The van der Waals surface area contributed by atoms with Crippen LogP contribution in [-0.4, -0.2) is 38.5 Å². The number of aromatic carboxylic acids is 1. The van der Waals surface area contributed by atoms with Gasteiger partial charge in [0, 0.05) is 24.2 Å². The molecule has 0 bridgehead atoms. The summed E-state index contributed by atoms with van der Waals surface area (Å²) in [6.45, 7) is 0.302. The van der Waals surface area contributed by atoms with Crippen LogP contribution in [0, 0.1) is 0 Å². The topological polar surface area (TPSA) is 154 Å². The number of fused-ring (bicyclic) bond motifs is 1. The first-order valence-corrected chi connectivity index (χ1v) is 7.43. The number of H-pyrrole nitrogens is 2. The number of carbonyl (C=O) groups excluding carboxylic acids is 1. The van der Waals surface area contributed by atoms with Crippen LogP contribution in [0.2, 0.25) is 0 Å². The molecule has 1 aromatic carbocycles. The van der Waals surface area contributed by atoms with E-state index in [0.29, 0.717) is 24.0 Å². The summed E-state index contributed by atoms with van der Waals surface area (Å²) in [5.74, 6) is -1.44. The predicted molar refractivity (Wildman–Crippen MR) is 90.6 cm³/mol. The van der Waals surface area contributed by atoms with Gasteiger partial charge in [0.25, 0.3) is 11.5 Å². The van der Waals surface area contributed by atoms with E-state index in [1.807, 2.05) is 0 Å². The number of aromatic nitrogens is 3. The fraction of sp³-hybridized carbons (Fsp3) is 0.125. The van der Waals surface area contributed by atoms with Crippen LogP contribution in [0.25, 0.3) is 11.0 Å². The summed E-state index contributed by atoms with van der Waals surface area (Å²) in [6.07, 6.45) is 0.445. The third kappa shape index (κ3) is 3.50. The molecule has 3 aromatic rings. The zero-order valence-electron chi connectivity index (χ0n) is 13.0. The SMILES string of the molecule is Nc1nc2[nH]c(CCNC(=O)c3cccc(C(=O)O)c3)cc2c(=O)[nH]1. The van der Waals surface area contributed by atoms with Crippen LogP contribution in [0.15, 0.2) is 35.1 Å². The molecule has 0 aliphatic carbocycles. The van der Waals surface area contributed by atoms with Crippen LogP contribution in [0.4, 0.5) is 5.95 Å². The molecule has 0 unspecified atom stereocenters. The first-order valence-electron chi connectivity index (χ1n) is 7.43. The summed E-state index contributed by atoms with van der Waals surface area (Å²) < 4.78 is 0. The van der Waals surface area contributed by atoms with Gasteiger partial charge in [0.15, 0.2) is 0 Å². The molecule has 6 N–H and O–H groups in total. The van der Waals surface area contributed by atoms with Crippen molar-refractivity contribution in [3.8, 4) is 0 Å². The Balaban J connectivity index is 1.66. The minimum atomic E-state index is -1.09. The highest BCUT2D eigenvalue weighted by Crippen LogP contribution is 2.10. The van der Waals surface area contributed by atoms with Gasteiger partial charge in [-0.05, 0) is 24.3 Å². The number of nitrogens with zero attached hydrogens (tertiary/aromatic N) is 1. The zero-order chi connectivity index (χ0) is 18.0. The van der Waals surface area contributed by atoms with E-state index in [0.717, 1.165) is 5.69 Å². The van der Waals surface area contributed by atoms with Gasteiger partial charge >= 0.3 is 5.97 Å². The van der Waals surface area contributed by atoms with Gasteiger partial charge in [-0.25, -0.2) is 4.79 Å². The number of hydrogen-bond donors (Lipinski definition) is 5. The van der Waals surface area contributed by atoms with Gasteiger partial charge in [-0.3, -0.25) is 14.6 Å². The highest BCUT2D eigenvalue weighted by molar-refractivity contribution is 5.97. The quantitative estimate of drug-likeness (QED) is 0.455. The van der Waals surface area contributed by atoms with Gasteiger partial charge < -0.3 is 21.1 Å². The van der Waals surface area contributed by atoms with Crippen LogP contribution in [0.5, 0.6) is 0 Å². The van der Waals surface area contributed by atoms with E-state index in [2.05, 4.69) is 20.3 Å². The van der Waals surface area contributed by atoms with Crippen molar-refractivity contribution < 1.29 is 14.7 Å². The number of aromatic amines is 2. The lowest BCUT2D eigenvalue weighted by Gasteiger charge is -2.05. The highest BCUT2D eigenvalue weighted by Gasteiger charge is 2.10. The van der Waals surface area contributed by atoms with Gasteiger partial charge in [0.05, 0.1) is 10.9 Å². The van der Waals surface area contributed by atoms with E-state index in [-0.39, 0.29) is 28.5 Å². The lowest BCUT2D eigenvalue weighted by molar-refractivity contribution is 0.0697. The Labute approximate surface area is 140 Å². The Morgan fingerprint density at radius 3 is 2.72 bits per heavy atom. The van der Waals surface area contributed by atoms with E-state index in [1.165, 1.54) is 24.3 Å². The first kappa shape index (κ1) is 16.2. The average molecular weight is 341 g/mol. The van der Waals surface area contributed by atoms with Crippen molar-refractivity contribution in [3.05, 3.63) is 57.5 Å². The van der Waals surface area contributed by atoms with Crippen molar-refractivity contribution in [1.82, 2.24) is 20.3 Å². The number of carbonyl (C=O) groups is 2. The second-order valence-corrected chi connectivity index (χ2v) is 5.40. The molecule has 9 nitrogen and oxygen atoms in total. The molecular formula is C16H15N5O4. The lowest BCUT2D eigenvalue weighted by atomic mass is 10.1. The number of amides is 1. The van der Waals surface area contributed by atoms with Crippen molar-refractivity contribution in [2.24, 2.45) is 0 Å². The number of benzene rings is 1. The number of carboxylic acids is 1. The van der Waals surface area contributed by atoms with Crippen LogP contribution in [0.1, 0.15) is 26.4 Å². The van der Waals surface area contributed by atoms with Crippen LogP contribution >= 0.6 is 0 Å². The molecule has 3 rings (SSSR count). The summed E-state index contributed by atoms with van der Waals surface area (Å²) in [4.78, 5) is 44.2. The molecule has 0 fully saturated rings. The standard InChI is InChI=1S/C16H15N5O4/c17-16-20-12-11(14(23)21-16)7-10(19-12)4-5-18-13(22)8-2-1-3-9(6-8)15(24)25/h1-3,6-7H,4-5H2,(H,18,22)(H,24,25)(H4,17,19,20,21,23). The van der Waals surface area contributed by atoms with Crippen LogP contribution in [-0.2, 0) is 6.42 Å². The second-order valence-electron chi connectivity index (χ2n) is 5.40. The zero-order valence-corrected chi connectivity index (χ0v) is 13.0. The number of carboxylic acid groups (broad SMARTS) is 1. The van der Waals surface area contributed by atoms with Crippen LogP contribution in [0.3, 0.4) is 0 Å². The molecular weight excluding hydrogens is 326 g/mol. The number of anilines is 1. The third-order valence-electron chi connectivity index (χ3n) is 3.62. The second kappa shape index (κ2) is 6.48. The summed E-state index contributed by atoms with van der Waals surface area (Å²) in [6, 6.07) is 7.43. The van der Waals surface area contributed by atoms with Crippen molar-refractivity contribution >= 4 is 28.9 Å². The maximum atomic E-state index is 12.1. The predicted octanol–water partition coefficient (Wildman–Crippen LogP) is 0.504. The van der Waals surface area contributed by atoms with Gasteiger partial charge in [-0.2, -0.15) is 4.98 Å². The Hall–Kier alpha value is -3.62. The summed E-state index contributed by atoms with van der Waals surface area (Å²) in [5, 5.41) is 12.0. The van der Waals surface area contributed by atoms with Gasteiger partial charge in [-0.15, -0.1) is 0 Å². The molecule has 0 radical (unpaired) electrons. The number of nitrogens with one attached hydrogen (secondary N) is 3. The van der Waals surface area contributed by atoms with E-state index < -0.39 is 5.97 Å². The number of rotatable bonds is 5. The fourth-order valence-electron chi connectivity index (χ4n) is 2.43. The fourth-order valence-corrected chi connectivity index (χ4v) is 2.43. The van der Waals surface area contributed by atoms with Crippen molar-refractivity contribution in [1.29, 1.82) is 0 Å². The molecule has 9 heteroatoms. The number of nitrogens with two attached hydrogens (primary N) is 1. The lowest BCUT2D eigenvalue weighted by Crippen LogP contribution is -2.26. The van der Waals surface area contributed by atoms with E-state index in [1.54, 1.807) is 6.07 Å². The smallest absolute Gasteiger partial charge is 0.335 e. The number of hydrogen-bond acceptors (Lipinski definition) is 5. The van der Waals surface area contributed by atoms with Crippen molar-refractivity contribution in [3.63, 3.8) is 0 Å². The normalized spacial score (nSPS) is 10.7. The molecule has 0 saturated carbocycles. The van der Waals surface area contributed by atoms with Crippen LogP contribution < -0.4 is 16.6 Å². The maximum absolute atomic E-state index is 12.1. The van der Waals surface area contributed by atoms with Crippen molar-refractivity contribution in [2.45, 2.75) is 6.42 Å². The molecule has 0 atom stereocenters. The summed E-state index contributed by atoms with van der Waals surface area (Å²) in [7, 11) is 0. The highest BCUT2D eigenvalue weighted by atomic mass is 16.4. The van der Waals surface area contributed by atoms with E-state index in [9.17, 15) is 14.4 Å². The average Bonchev–Trinajstić information content (AvgIpc) is 2.98. The molecule has 1 amide bonds. The third-order valence-corrected chi connectivity index (χ3v) is 3.62. The van der Waals surface area contributed by atoms with E-state index >= 15 is 0 Å². The summed E-state index contributed by atoms with van der Waals surface area (Å²) in [5.41, 5.74) is 6.57. The Morgan fingerprint density at radius 2 is 1.96 bits per heavy atom. The largest absolute Gasteiger partial charge is 0.478 e. The maximum Gasteiger partial charge on any atom is 0.335 e. The Bertz CT molecular complexity index is 1020. The molecule has 25 heavy (non-hydrogen) atoms. The molecule has 0 saturated heterocycles. The molecule has 0 aliphatic heterocycles. The number of nitrogen functional groups attached to an aromatic ring is 1. The Morgan fingerprint density at radius 1 is 1.20 bits per heavy atom. The minimum absolute atomic E-state index is 0.0255. The molecule has 0 aliphatic rings. The van der Waals surface area contributed by atoms with Crippen molar-refractivity contribution in [2.75, 3.05) is 12.3 Å². The van der Waals surface area contributed by atoms with Gasteiger partial charge in [0.2, 0.25) is 5.95 Å². The summed E-state index contributed by atoms with van der Waals surface area (Å²) >= 11 is 0. The first-order chi connectivity index (χ1) is 11.9. The molecule has 128 valence electrons. The molecule has 2 aromatic heterocycles. The molecule has 0 spiro atoms. The monoisotopic (exact) mass is 341 g/mol. The molecule has 2 heterocycles.